The van der Waals surface area contributed by atoms with E-state index in [1.807, 2.05) is 0 Å². The lowest BCUT2D eigenvalue weighted by atomic mass is 9.90. The molecule has 0 radical (unpaired) electrons. The minimum Gasteiger partial charge on any atom is -0.396 e. The van der Waals surface area contributed by atoms with E-state index >= 15 is 0 Å². The van der Waals surface area contributed by atoms with Crippen LogP contribution in [0, 0.1) is 11.3 Å². The highest BCUT2D eigenvalue weighted by Crippen LogP contribution is 2.53. The van der Waals surface area contributed by atoms with Crippen LogP contribution in [0.15, 0.2) is 24.3 Å². The second-order valence-corrected chi connectivity index (χ2v) is 5.84. The van der Waals surface area contributed by atoms with Crippen LogP contribution in [-0.2, 0) is 6.42 Å². The molecule has 0 aliphatic heterocycles. The van der Waals surface area contributed by atoms with Gasteiger partial charge in [0.2, 0.25) is 0 Å². The van der Waals surface area contributed by atoms with Gasteiger partial charge < -0.3 is 10.8 Å². The van der Waals surface area contributed by atoms with Gasteiger partial charge in [0.15, 0.2) is 0 Å². The van der Waals surface area contributed by atoms with Gasteiger partial charge in [0.05, 0.1) is 6.61 Å². The van der Waals surface area contributed by atoms with E-state index in [1.165, 1.54) is 5.56 Å². The minimum absolute atomic E-state index is 0.0133. The Morgan fingerprint density at radius 3 is 2.24 bits per heavy atom. The van der Waals surface area contributed by atoms with Crippen molar-refractivity contribution in [2.45, 2.75) is 39.2 Å². The van der Waals surface area contributed by atoms with Crippen molar-refractivity contribution >= 4 is 0 Å². The summed E-state index contributed by atoms with van der Waals surface area (Å²) in [5.74, 6) is 0.682. The van der Waals surface area contributed by atoms with E-state index in [2.05, 4.69) is 38.1 Å². The molecule has 17 heavy (non-hydrogen) atoms. The van der Waals surface area contributed by atoms with Crippen molar-refractivity contribution in [2.24, 2.45) is 17.1 Å². The Kier molecular flexibility index (Phi) is 3.55. The van der Waals surface area contributed by atoms with Gasteiger partial charge >= 0.3 is 0 Å². The Morgan fingerprint density at radius 2 is 1.82 bits per heavy atom. The van der Waals surface area contributed by atoms with Gasteiger partial charge in [-0.05, 0) is 36.3 Å². The van der Waals surface area contributed by atoms with Crippen molar-refractivity contribution in [3.05, 3.63) is 35.4 Å². The summed E-state index contributed by atoms with van der Waals surface area (Å²) >= 11 is 0. The predicted octanol–water partition coefficient (Wildman–Crippen LogP) is 2.66. The lowest BCUT2D eigenvalue weighted by Gasteiger charge is -2.21. The van der Waals surface area contributed by atoms with Crippen molar-refractivity contribution in [2.75, 3.05) is 6.61 Å². The molecule has 1 aromatic carbocycles. The molecule has 0 spiro atoms. The number of nitrogens with two attached hydrogens (primary N) is 1. The van der Waals surface area contributed by atoms with Crippen LogP contribution in [-0.4, -0.2) is 11.7 Å². The van der Waals surface area contributed by atoms with E-state index < -0.39 is 0 Å². The van der Waals surface area contributed by atoms with Crippen LogP contribution in [0.5, 0.6) is 0 Å². The molecule has 2 heteroatoms. The van der Waals surface area contributed by atoms with E-state index in [9.17, 15) is 5.11 Å². The van der Waals surface area contributed by atoms with Crippen LogP contribution < -0.4 is 5.73 Å². The summed E-state index contributed by atoms with van der Waals surface area (Å²) in [6, 6.07) is 8.57. The lowest BCUT2D eigenvalue weighted by Crippen LogP contribution is -2.25. The second kappa shape index (κ2) is 4.79. The first-order chi connectivity index (χ1) is 8.07. The minimum atomic E-state index is -0.0282. The lowest BCUT2D eigenvalue weighted by molar-refractivity contribution is 0.188. The first-order valence-electron chi connectivity index (χ1n) is 6.53. The molecule has 1 atom stereocenters. The highest BCUT2D eigenvalue weighted by molar-refractivity contribution is 5.28. The molecule has 1 aliphatic rings. The monoisotopic (exact) mass is 233 g/mol. The molecule has 0 amide bonds. The zero-order valence-corrected chi connectivity index (χ0v) is 10.8. The molecule has 2 rings (SSSR count). The molecule has 0 bridgehead atoms. The maximum absolute atomic E-state index is 9.38. The van der Waals surface area contributed by atoms with Crippen molar-refractivity contribution < 1.29 is 5.11 Å². The Bertz CT molecular complexity index is 365. The van der Waals surface area contributed by atoms with E-state index in [1.54, 1.807) is 0 Å². The van der Waals surface area contributed by atoms with Crippen molar-refractivity contribution in [3.63, 3.8) is 0 Å². The van der Waals surface area contributed by atoms with Gasteiger partial charge in [-0.2, -0.15) is 0 Å². The summed E-state index contributed by atoms with van der Waals surface area (Å²) in [4.78, 5) is 0. The highest BCUT2D eigenvalue weighted by Gasteiger charge is 2.47. The van der Waals surface area contributed by atoms with Crippen LogP contribution in [0.1, 0.15) is 43.9 Å². The van der Waals surface area contributed by atoms with E-state index in [4.69, 9.17) is 5.73 Å². The van der Waals surface area contributed by atoms with E-state index in [0.717, 1.165) is 24.8 Å². The summed E-state index contributed by atoms with van der Waals surface area (Å²) in [5, 5.41) is 9.38. The molecule has 1 aromatic rings. The highest BCUT2D eigenvalue weighted by atomic mass is 16.3. The van der Waals surface area contributed by atoms with Gasteiger partial charge in [0.25, 0.3) is 0 Å². The Balaban J connectivity index is 2.07. The van der Waals surface area contributed by atoms with Crippen LogP contribution in [0.3, 0.4) is 0 Å². The average molecular weight is 233 g/mol. The van der Waals surface area contributed by atoms with Gasteiger partial charge in [-0.1, -0.05) is 38.1 Å². The molecule has 1 saturated carbocycles. The Labute approximate surface area is 104 Å². The van der Waals surface area contributed by atoms with Crippen LogP contribution in [0.25, 0.3) is 0 Å². The number of rotatable bonds is 5. The standard InChI is InChI=1S/C15H23NO/c1-11(2)9-12-3-5-13(6-4-12)14(16)15(10-17)7-8-15/h3-6,11,14,17H,7-10,16H2,1-2H3. The van der Waals surface area contributed by atoms with E-state index in [0.29, 0.717) is 5.92 Å². The number of hydrogen-bond acceptors (Lipinski definition) is 2. The normalized spacial score (nSPS) is 19.4. The SMILES string of the molecule is CC(C)Cc1ccc(C(N)C2(CO)CC2)cc1. The first kappa shape index (κ1) is 12.6. The van der Waals surface area contributed by atoms with Gasteiger partial charge in [0.1, 0.15) is 0 Å². The summed E-state index contributed by atoms with van der Waals surface area (Å²) < 4.78 is 0. The summed E-state index contributed by atoms with van der Waals surface area (Å²) in [6.45, 7) is 4.66. The van der Waals surface area contributed by atoms with Crippen LogP contribution in [0.2, 0.25) is 0 Å². The number of aliphatic hydroxyl groups excluding tert-OH is 1. The smallest absolute Gasteiger partial charge is 0.0505 e. The molecule has 0 saturated heterocycles. The van der Waals surface area contributed by atoms with Crippen molar-refractivity contribution in [3.8, 4) is 0 Å². The Morgan fingerprint density at radius 1 is 1.24 bits per heavy atom. The molecule has 0 aromatic heterocycles. The number of aliphatic hydroxyl groups is 1. The van der Waals surface area contributed by atoms with Gasteiger partial charge in [0, 0.05) is 11.5 Å². The molecule has 1 unspecified atom stereocenters. The second-order valence-electron chi connectivity index (χ2n) is 5.84. The van der Waals surface area contributed by atoms with Crippen LogP contribution >= 0.6 is 0 Å². The third-order valence-corrected chi connectivity index (χ3v) is 3.85. The van der Waals surface area contributed by atoms with Gasteiger partial charge in [-0.25, -0.2) is 0 Å². The number of hydrogen-bond donors (Lipinski definition) is 2. The Hall–Kier alpha value is -0.860. The quantitative estimate of drug-likeness (QED) is 0.821. The van der Waals surface area contributed by atoms with E-state index in [-0.39, 0.29) is 18.1 Å². The third kappa shape index (κ3) is 2.70. The van der Waals surface area contributed by atoms with Crippen molar-refractivity contribution in [1.29, 1.82) is 0 Å². The molecule has 94 valence electrons. The zero-order chi connectivity index (χ0) is 12.5. The molecular weight excluding hydrogens is 210 g/mol. The fourth-order valence-electron chi connectivity index (χ4n) is 2.41. The molecule has 1 fully saturated rings. The molecule has 0 heterocycles. The molecule has 3 N–H and O–H groups in total. The molecule has 1 aliphatic carbocycles. The molecular formula is C15H23NO. The first-order valence-corrected chi connectivity index (χ1v) is 6.53. The summed E-state index contributed by atoms with van der Waals surface area (Å²) in [5.41, 5.74) is 8.73. The van der Waals surface area contributed by atoms with Crippen molar-refractivity contribution in [1.82, 2.24) is 0 Å². The largest absolute Gasteiger partial charge is 0.396 e. The number of benzene rings is 1. The predicted molar refractivity (Wildman–Crippen MR) is 70.7 cm³/mol. The zero-order valence-electron chi connectivity index (χ0n) is 10.8. The topological polar surface area (TPSA) is 46.2 Å². The fourth-order valence-corrected chi connectivity index (χ4v) is 2.41. The maximum atomic E-state index is 9.38. The van der Waals surface area contributed by atoms with Gasteiger partial charge in [-0.3, -0.25) is 0 Å². The fraction of sp³-hybridized carbons (Fsp3) is 0.600. The van der Waals surface area contributed by atoms with Crippen LogP contribution in [0.4, 0.5) is 0 Å². The summed E-state index contributed by atoms with van der Waals surface area (Å²) in [6.07, 6.45) is 3.22. The summed E-state index contributed by atoms with van der Waals surface area (Å²) in [7, 11) is 0. The molecule has 2 nitrogen and oxygen atoms in total. The van der Waals surface area contributed by atoms with Gasteiger partial charge in [-0.15, -0.1) is 0 Å². The third-order valence-electron chi connectivity index (χ3n) is 3.85. The average Bonchev–Trinajstić information content (AvgIpc) is 3.09. The maximum Gasteiger partial charge on any atom is 0.0505 e.